The number of hydrogen-bond donors (Lipinski definition) is 2. The van der Waals surface area contributed by atoms with Crippen LogP contribution in [-0.4, -0.2) is 19.0 Å². The average Bonchev–Trinajstić information content (AvgIpc) is 1.88. The van der Waals surface area contributed by atoms with E-state index in [2.05, 4.69) is 7.05 Å². The van der Waals surface area contributed by atoms with E-state index >= 15 is 0 Å². The Kier molecular flexibility index (Phi) is 2.27. The number of likely N-dealkylation sites (tertiary alicyclic amines) is 1. The van der Waals surface area contributed by atoms with Crippen LogP contribution in [0.1, 0.15) is 12.8 Å². The fourth-order valence-corrected chi connectivity index (χ4v) is 1.39. The van der Waals surface area contributed by atoms with Crippen LogP contribution in [0.15, 0.2) is 0 Å². The first-order valence-corrected chi connectivity index (χ1v) is 3.66. The van der Waals surface area contributed by atoms with E-state index in [1.807, 2.05) is 0 Å². The van der Waals surface area contributed by atoms with Crippen LogP contribution in [0.2, 0.25) is 0 Å². The zero-order valence-electron chi connectivity index (χ0n) is 6.10. The molecule has 0 aromatic rings. The van der Waals surface area contributed by atoms with Gasteiger partial charge in [-0.25, -0.2) is 0 Å². The van der Waals surface area contributed by atoms with Gasteiger partial charge in [-0.15, -0.1) is 0 Å². The number of hydrogen-bond acceptors (Lipinski definition) is 1. The maximum absolute atomic E-state index is 10.7. The molecule has 0 bridgehead atoms. The van der Waals surface area contributed by atoms with Crippen LogP contribution in [0.4, 0.5) is 0 Å². The quantitative estimate of drug-likeness (QED) is 0.433. The number of nitrogens with one attached hydrogen (secondary N) is 1. The molecule has 3 N–H and O–H groups in total. The number of rotatable bonds is 1. The Morgan fingerprint density at radius 1 is 1.70 bits per heavy atom. The van der Waals surface area contributed by atoms with Crippen LogP contribution in [0.25, 0.3) is 0 Å². The monoisotopic (exact) mass is 142 g/mol. The van der Waals surface area contributed by atoms with Crippen LogP contribution in [0.3, 0.4) is 0 Å². The average molecular weight is 142 g/mol. The Balaban J connectivity index is 2.39. The molecule has 0 spiro atoms. The van der Waals surface area contributed by atoms with Crippen molar-refractivity contribution in [2.75, 3.05) is 13.1 Å². The van der Waals surface area contributed by atoms with Gasteiger partial charge in [-0.1, -0.05) is 0 Å². The summed E-state index contributed by atoms with van der Waals surface area (Å²) >= 11 is 0. The number of carbonyl (C=O) groups is 1. The van der Waals surface area contributed by atoms with Crippen LogP contribution >= 0.6 is 0 Å². The van der Waals surface area contributed by atoms with Gasteiger partial charge in [0, 0.05) is 0 Å². The zero-order chi connectivity index (χ0) is 7.56. The number of carbonyl (C=O) groups excluding carboxylic acids is 1. The van der Waals surface area contributed by atoms with Gasteiger partial charge < -0.3 is 10.6 Å². The summed E-state index contributed by atoms with van der Waals surface area (Å²) in [6.07, 6.45) is 2.03. The van der Waals surface area contributed by atoms with Crippen molar-refractivity contribution in [2.45, 2.75) is 12.8 Å². The Hall–Kier alpha value is -0.570. The van der Waals surface area contributed by atoms with Gasteiger partial charge in [0.1, 0.15) is 0 Å². The molecule has 1 aliphatic rings. The molecule has 2 unspecified atom stereocenters. The third-order valence-electron chi connectivity index (χ3n) is 2.02. The van der Waals surface area contributed by atoms with Crippen molar-refractivity contribution in [3.05, 3.63) is 7.05 Å². The maximum atomic E-state index is 10.7. The molecule has 0 saturated carbocycles. The highest BCUT2D eigenvalue weighted by Gasteiger charge is 2.21. The molecule has 1 fully saturated rings. The molecule has 58 valence electrons. The fraction of sp³-hybridized carbons (Fsp3) is 0.714. The minimum absolute atomic E-state index is 0.0706. The number of amides is 1. The maximum Gasteiger partial charge on any atom is 0.226 e. The highest BCUT2D eigenvalue weighted by atomic mass is 16.1. The summed E-state index contributed by atoms with van der Waals surface area (Å²) in [6, 6.07) is 0. The minimum atomic E-state index is -0.166. The van der Waals surface area contributed by atoms with Crippen molar-refractivity contribution in [3.8, 4) is 0 Å². The number of primary amides is 1. The Labute approximate surface area is 61.2 Å². The fourth-order valence-electron chi connectivity index (χ4n) is 1.39. The van der Waals surface area contributed by atoms with E-state index in [1.165, 1.54) is 4.90 Å². The molecule has 3 nitrogen and oxygen atoms in total. The smallest absolute Gasteiger partial charge is 0.226 e. The van der Waals surface area contributed by atoms with Crippen molar-refractivity contribution in [1.82, 2.24) is 0 Å². The molecule has 1 saturated heterocycles. The highest BCUT2D eigenvalue weighted by Crippen LogP contribution is 2.05. The van der Waals surface area contributed by atoms with Gasteiger partial charge in [-0.3, -0.25) is 4.79 Å². The van der Waals surface area contributed by atoms with Crippen LogP contribution in [0.5, 0.6) is 0 Å². The lowest BCUT2D eigenvalue weighted by Crippen LogP contribution is -3.08. The van der Waals surface area contributed by atoms with E-state index in [0.29, 0.717) is 0 Å². The van der Waals surface area contributed by atoms with Crippen molar-refractivity contribution in [3.63, 3.8) is 0 Å². The van der Waals surface area contributed by atoms with Gasteiger partial charge in [0.05, 0.1) is 19.0 Å². The Morgan fingerprint density at radius 3 is 2.80 bits per heavy atom. The number of quaternary nitrogens is 1. The van der Waals surface area contributed by atoms with Gasteiger partial charge in [0.15, 0.2) is 0 Å². The van der Waals surface area contributed by atoms with E-state index in [4.69, 9.17) is 5.73 Å². The van der Waals surface area contributed by atoms with E-state index in [1.54, 1.807) is 0 Å². The topological polar surface area (TPSA) is 47.5 Å². The summed E-state index contributed by atoms with van der Waals surface area (Å²) < 4.78 is 0. The molecule has 2 atom stereocenters. The van der Waals surface area contributed by atoms with E-state index in [-0.39, 0.29) is 11.8 Å². The molecule has 0 aromatic heterocycles. The van der Waals surface area contributed by atoms with Gasteiger partial charge >= 0.3 is 0 Å². The lowest BCUT2D eigenvalue weighted by Gasteiger charge is -2.29. The minimum Gasteiger partial charge on any atom is -0.467 e. The molecule has 3 heteroatoms. The third kappa shape index (κ3) is 1.70. The normalized spacial score (nSPS) is 33.7. The first-order valence-electron chi connectivity index (χ1n) is 3.66. The summed E-state index contributed by atoms with van der Waals surface area (Å²) in [5.41, 5.74) is 5.15. The molecule has 1 amide bonds. The zero-order valence-corrected chi connectivity index (χ0v) is 6.10. The second kappa shape index (κ2) is 3.01. The van der Waals surface area contributed by atoms with E-state index < -0.39 is 0 Å². The van der Waals surface area contributed by atoms with Gasteiger partial charge in [0.25, 0.3) is 0 Å². The molecule has 1 aliphatic heterocycles. The van der Waals surface area contributed by atoms with Crippen molar-refractivity contribution >= 4 is 5.91 Å². The van der Waals surface area contributed by atoms with Gasteiger partial charge in [-0.2, -0.15) is 7.05 Å². The van der Waals surface area contributed by atoms with Crippen LogP contribution < -0.4 is 10.6 Å². The summed E-state index contributed by atoms with van der Waals surface area (Å²) in [5, 5.41) is 0. The molecule has 1 heterocycles. The number of piperidine rings is 1. The van der Waals surface area contributed by atoms with Crippen LogP contribution in [-0.2, 0) is 4.79 Å². The summed E-state index contributed by atoms with van der Waals surface area (Å²) in [6.45, 7) is 1.89. The summed E-state index contributed by atoms with van der Waals surface area (Å²) in [7, 11) is 3.84. The standard InChI is InChI=1S/C7H14N2O/c1-9-4-2-3-6(5-9)7(8)10/h6,9H,1-5H2,(H2,8,10). The lowest BCUT2D eigenvalue weighted by atomic mass is 9.98. The first-order chi connectivity index (χ1) is 4.70. The first kappa shape index (κ1) is 7.54. The van der Waals surface area contributed by atoms with Crippen molar-refractivity contribution in [1.29, 1.82) is 0 Å². The Morgan fingerprint density at radius 2 is 2.40 bits per heavy atom. The predicted molar refractivity (Wildman–Crippen MR) is 38.0 cm³/mol. The molecule has 0 aliphatic carbocycles. The summed E-state index contributed by atoms with van der Waals surface area (Å²) in [4.78, 5) is 11.9. The summed E-state index contributed by atoms with van der Waals surface area (Å²) in [5.74, 6) is -0.0953. The molecule has 10 heavy (non-hydrogen) atoms. The second-order valence-electron chi connectivity index (χ2n) is 2.95. The van der Waals surface area contributed by atoms with Gasteiger partial charge in [0.2, 0.25) is 5.91 Å². The predicted octanol–water partition coefficient (Wildman–Crippen LogP) is -1.44. The molecule has 0 radical (unpaired) electrons. The molecule has 1 rings (SSSR count). The lowest BCUT2D eigenvalue weighted by molar-refractivity contribution is -0.861. The molecular weight excluding hydrogens is 128 g/mol. The van der Waals surface area contributed by atoms with E-state index in [9.17, 15) is 4.79 Å². The molecular formula is C7H14N2O. The highest BCUT2D eigenvalue weighted by molar-refractivity contribution is 5.76. The van der Waals surface area contributed by atoms with Crippen molar-refractivity contribution in [2.24, 2.45) is 11.7 Å². The SMILES string of the molecule is [CH2-][NH+]1CCCC(C(N)=O)C1. The van der Waals surface area contributed by atoms with E-state index in [0.717, 1.165) is 25.9 Å². The number of nitrogens with two attached hydrogens (primary N) is 1. The largest absolute Gasteiger partial charge is 0.467 e. The van der Waals surface area contributed by atoms with Gasteiger partial charge in [-0.05, 0) is 12.8 Å². The second-order valence-corrected chi connectivity index (χ2v) is 2.95. The third-order valence-corrected chi connectivity index (χ3v) is 2.02. The Bertz CT molecular complexity index is 136. The van der Waals surface area contributed by atoms with Crippen LogP contribution in [0, 0.1) is 13.0 Å². The van der Waals surface area contributed by atoms with Crippen molar-refractivity contribution < 1.29 is 9.69 Å². The molecule has 0 aromatic carbocycles.